The first-order chi connectivity index (χ1) is 7.77. The Hall–Kier alpha value is -1.11. The molecule has 0 aliphatic heterocycles. The number of hydrogen-bond donors (Lipinski definition) is 0. The first kappa shape index (κ1) is 11.4. The van der Waals surface area contributed by atoms with Gasteiger partial charge in [0.1, 0.15) is 0 Å². The van der Waals surface area contributed by atoms with Crippen molar-refractivity contribution in [2.75, 3.05) is 0 Å². The van der Waals surface area contributed by atoms with Crippen LogP contribution < -0.4 is 0 Å². The van der Waals surface area contributed by atoms with Gasteiger partial charge < -0.3 is 0 Å². The van der Waals surface area contributed by atoms with Crippen LogP contribution in [0.4, 0.5) is 0 Å². The largest absolute Gasteiger partial charge is 0.294 e. The summed E-state index contributed by atoms with van der Waals surface area (Å²) in [4.78, 5) is 12.1. The molecule has 0 heterocycles. The van der Waals surface area contributed by atoms with Crippen molar-refractivity contribution in [2.24, 2.45) is 11.8 Å². The first-order valence-corrected chi connectivity index (χ1v) is 6.36. The smallest absolute Gasteiger partial charge is 0.165 e. The number of rotatable bonds is 4. The van der Waals surface area contributed by atoms with E-state index >= 15 is 0 Å². The number of carbonyl (C=O) groups is 1. The SMILES string of the molecule is CC(CC1CCCC1)C(=O)c1ccccc1. The van der Waals surface area contributed by atoms with Gasteiger partial charge in [0, 0.05) is 11.5 Å². The van der Waals surface area contributed by atoms with Gasteiger partial charge in [-0.2, -0.15) is 0 Å². The summed E-state index contributed by atoms with van der Waals surface area (Å²) < 4.78 is 0. The fourth-order valence-corrected chi connectivity index (χ4v) is 2.74. The highest BCUT2D eigenvalue weighted by Gasteiger charge is 2.22. The van der Waals surface area contributed by atoms with Crippen LogP contribution >= 0.6 is 0 Å². The van der Waals surface area contributed by atoms with E-state index in [0.29, 0.717) is 5.78 Å². The zero-order valence-corrected chi connectivity index (χ0v) is 9.99. The summed E-state index contributed by atoms with van der Waals surface area (Å²) in [5.74, 6) is 1.29. The molecule has 0 aromatic heterocycles. The summed E-state index contributed by atoms with van der Waals surface area (Å²) in [5, 5.41) is 0. The van der Waals surface area contributed by atoms with Gasteiger partial charge >= 0.3 is 0 Å². The summed E-state index contributed by atoms with van der Waals surface area (Å²) in [7, 11) is 0. The number of hydrogen-bond acceptors (Lipinski definition) is 1. The maximum Gasteiger partial charge on any atom is 0.165 e. The van der Waals surface area contributed by atoms with Crippen molar-refractivity contribution in [3.63, 3.8) is 0 Å². The van der Waals surface area contributed by atoms with E-state index in [1.807, 2.05) is 30.3 Å². The van der Waals surface area contributed by atoms with E-state index in [1.165, 1.54) is 25.7 Å². The Morgan fingerprint density at radius 3 is 2.50 bits per heavy atom. The molecule has 1 aliphatic carbocycles. The van der Waals surface area contributed by atoms with Crippen LogP contribution in [0.2, 0.25) is 0 Å². The molecule has 2 rings (SSSR count). The summed E-state index contributed by atoms with van der Waals surface area (Å²) in [6, 6.07) is 9.68. The highest BCUT2D eigenvalue weighted by Crippen LogP contribution is 2.31. The van der Waals surface area contributed by atoms with Gasteiger partial charge in [0.05, 0.1) is 0 Å². The molecule has 1 saturated carbocycles. The van der Waals surface area contributed by atoms with Crippen molar-refractivity contribution in [1.29, 1.82) is 0 Å². The molecule has 86 valence electrons. The van der Waals surface area contributed by atoms with Crippen LogP contribution in [0, 0.1) is 11.8 Å². The molecule has 0 spiro atoms. The molecule has 0 radical (unpaired) electrons. The molecule has 0 saturated heterocycles. The molecule has 1 aliphatic rings. The molecule has 1 heteroatoms. The average molecular weight is 216 g/mol. The van der Waals surface area contributed by atoms with Crippen LogP contribution in [0.1, 0.15) is 49.4 Å². The molecule has 16 heavy (non-hydrogen) atoms. The summed E-state index contributed by atoms with van der Waals surface area (Å²) >= 11 is 0. The number of carbonyl (C=O) groups excluding carboxylic acids is 1. The van der Waals surface area contributed by atoms with Crippen molar-refractivity contribution in [3.8, 4) is 0 Å². The van der Waals surface area contributed by atoms with Gasteiger partial charge in [0.25, 0.3) is 0 Å². The van der Waals surface area contributed by atoms with E-state index in [2.05, 4.69) is 6.92 Å². The van der Waals surface area contributed by atoms with E-state index in [0.717, 1.165) is 17.9 Å². The zero-order chi connectivity index (χ0) is 11.4. The first-order valence-electron chi connectivity index (χ1n) is 6.36. The molecule has 0 N–H and O–H groups in total. The quantitative estimate of drug-likeness (QED) is 0.693. The third-order valence-electron chi connectivity index (χ3n) is 3.67. The second kappa shape index (κ2) is 5.29. The van der Waals surface area contributed by atoms with Crippen LogP contribution in [-0.4, -0.2) is 5.78 Å². The van der Waals surface area contributed by atoms with Crippen molar-refractivity contribution < 1.29 is 4.79 Å². The predicted molar refractivity (Wildman–Crippen MR) is 66.5 cm³/mol. The van der Waals surface area contributed by atoms with Gasteiger partial charge in [0.2, 0.25) is 0 Å². The molecular formula is C15H20O. The fraction of sp³-hybridized carbons (Fsp3) is 0.533. The van der Waals surface area contributed by atoms with Crippen LogP contribution in [0.3, 0.4) is 0 Å². The highest BCUT2D eigenvalue weighted by molar-refractivity contribution is 5.97. The Kier molecular flexibility index (Phi) is 3.76. The lowest BCUT2D eigenvalue weighted by molar-refractivity contribution is 0.0912. The average Bonchev–Trinajstić information content (AvgIpc) is 2.82. The fourth-order valence-electron chi connectivity index (χ4n) is 2.74. The molecule has 1 unspecified atom stereocenters. The molecule has 1 aromatic carbocycles. The molecule has 0 bridgehead atoms. The molecule has 1 atom stereocenters. The topological polar surface area (TPSA) is 17.1 Å². The van der Waals surface area contributed by atoms with Crippen LogP contribution in [-0.2, 0) is 0 Å². The second-order valence-corrected chi connectivity index (χ2v) is 5.02. The van der Waals surface area contributed by atoms with Crippen LogP contribution in [0.15, 0.2) is 30.3 Å². The second-order valence-electron chi connectivity index (χ2n) is 5.02. The molecular weight excluding hydrogens is 196 g/mol. The minimum Gasteiger partial charge on any atom is -0.294 e. The third kappa shape index (κ3) is 2.72. The van der Waals surface area contributed by atoms with E-state index in [-0.39, 0.29) is 5.92 Å². The van der Waals surface area contributed by atoms with Gasteiger partial charge in [-0.25, -0.2) is 0 Å². The van der Waals surface area contributed by atoms with Crippen molar-refractivity contribution >= 4 is 5.78 Å². The number of benzene rings is 1. The minimum atomic E-state index is 0.186. The van der Waals surface area contributed by atoms with E-state index in [4.69, 9.17) is 0 Å². The maximum absolute atomic E-state index is 12.1. The number of ketones is 1. The minimum absolute atomic E-state index is 0.186. The number of Topliss-reactive ketones (excluding diaryl/α,β-unsaturated/α-hetero) is 1. The lowest BCUT2D eigenvalue weighted by atomic mass is 9.89. The Morgan fingerprint density at radius 1 is 1.25 bits per heavy atom. The van der Waals surface area contributed by atoms with Crippen LogP contribution in [0.5, 0.6) is 0 Å². The van der Waals surface area contributed by atoms with E-state index < -0.39 is 0 Å². The summed E-state index contributed by atoms with van der Waals surface area (Å²) in [5.41, 5.74) is 0.869. The molecule has 1 aromatic rings. The Morgan fingerprint density at radius 2 is 1.88 bits per heavy atom. The van der Waals surface area contributed by atoms with Crippen molar-refractivity contribution in [3.05, 3.63) is 35.9 Å². The Labute approximate surface area is 97.9 Å². The Balaban J connectivity index is 1.94. The molecule has 1 nitrogen and oxygen atoms in total. The lowest BCUT2D eigenvalue weighted by Gasteiger charge is -2.15. The predicted octanol–water partition coefficient (Wildman–Crippen LogP) is 4.09. The van der Waals surface area contributed by atoms with Gasteiger partial charge in [-0.15, -0.1) is 0 Å². The summed E-state index contributed by atoms with van der Waals surface area (Å²) in [6.07, 6.45) is 6.44. The zero-order valence-electron chi connectivity index (χ0n) is 9.99. The van der Waals surface area contributed by atoms with Gasteiger partial charge in [-0.05, 0) is 12.3 Å². The molecule has 1 fully saturated rings. The summed E-state index contributed by atoms with van der Waals surface area (Å²) in [6.45, 7) is 2.08. The van der Waals surface area contributed by atoms with Crippen LogP contribution in [0.25, 0.3) is 0 Å². The third-order valence-corrected chi connectivity index (χ3v) is 3.67. The lowest BCUT2D eigenvalue weighted by Crippen LogP contribution is -2.14. The van der Waals surface area contributed by atoms with Crippen molar-refractivity contribution in [1.82, 2.24) is 0 Å². The van der Waals surface area contributed by atoms with E-state index in [9.17, 15) is 4.79 Å². The maximum atomic E-state index is 12.1. The van der Waals surface area contributed by atoms with Crippen molar-refractivity contribution in [2.45, 2.75) is 39.0 Å². The van der Waals surface area contributed by atoms with Gasteiger partial charge in [-0.1, -0.05) is 62.9 Å². The monoisotopic (exact) mass is 216 g/mol. The molecule has 0 amide bonds. The van der Waals surface area contributed by atoms with Gasteiger partial charge in [0.15, 0.2) is 5.78 Å². The van der Waals surface area contributed by atoms with Gasteiger partial charge in [-0.3, -0.25) is 4.79 Å². The standard InChI is InChI=1S/C15H20O/c1-12(11-13-7-5-6-8-13)15(16)14-9-3-2-4-10-14/h2-4,9-10,12-13H,5-8,11H2,1H3. The van der Waals surface area contributed by atoms with E-state index in [1.54, 1.807) is 0 Å². The normalized spacial score (nSPS) is 18.6. The highest BCUT2D eigenvalue weighted by atomic mass is 16.1. The Bertz CT molecular complexity index is 336.